The van der Waals surface area contributed by atoms with Gasteiger partial charge in [-0.15, -0.1) is 0 Å². The van der Waals surface area contributed by atoms with Crippen LogP contribution in [-0.2, 0) is 4.79 Å². The van der Waals surface area contributed by atoms with Crippen LogP contribution in [0.4, 0.5) is 31.0 Å². The van der Waals surface area contributed by atoms with Gasteiger partial charge in [-0.25, -0.2) is 14.0 Å². The molecule has 0 spiro atoms. The first kappa shape index (κ1) is 21.1. The van der Waals surface area contributed by atoms with Crippen molar-refractivity contribution >= 4 is 35.0 Å². The van der Waals surface area contributed by atoms with Crippen LogP contribution < -0.4 is 21.3 Å². The number of para-hydroxylation sites is 1. The molecule has 1 heterocycles. The Morgan fingerprint density at radius 2 is 1.63 bits per heavy atom. The van der Waals surface area contributed by atoms with Crippen LogP contribution in [0.3, 0.4) is 0 Å². The average Bonchev–Trinajstić information content (AvgIpc) is 2.76. The molecule has 0 unspecified atom stereocenters. The highest BCUT2D eigenvalue weighted by atomic mass is 19.1. The summed E-state index contributed by atoms with van der Waals surface area (Å²) in [6.45, 7) is 0.969. The lowest BCUT2D eigenvalue weighted by molar-refractivity contribution is -0.125. The third-order valence-electron chi connectivity index (χ3n) is 4.84. The number of carbonyl (C=O) groups excluding carboxylic acids is 3. The summed E-state index contributed by atoms with van der Waals surface area (Å²) in [6, 6.07) is 11.6. The first-order valence-corrected chi connectivity index (χ1v) is 9.66. The molecule has 1 aliphatic heterocycles. The lowest BCUT2D eigenvalue weighted by atomic mass is 9.97. The van der Waals surface area contributed by atoms with E-state index in [-0.39, 0.29) is 23.5 Å². The lowest BCUT2D eigenvalue weighted by Crippen LogP contribution is -2.46. The van der Waals surface area contributed by atoms with Gasteiger partial charge in [-0.1, -0.05) is 12.1 Å². The molecule has 0 aliphatic carbocycles. The maximum Gasteiger partial charge on any atom is 0.323 e. The Bertz CT molecular complexity index is 919. The van der Waals surface area contributed by atoms with Gasteiger partial charge in [0.2, 0.25) is 5.91 Å². The number of carbonyl (C=O) groups is 3. The molecule has 8 nitrogen and oxygen atoms in total. The van der Waals surface area contributed by atoms with Gasteiger partial charge in [-0.2, -0.15) is 0 Å². The Kier molecular flexibility index (Phi) is 6.84. The van der Waals surface area contributed by atoms with E-state index in [1.165, 1.54) is 18.2 Å². The molecular formula is C21H24FN5O3. The number of piperidine rings is 1. The van der Waals surface area contributed by atoms with Crippen molar-refractivity contribution in [2.24, 2.45) is 5.92 Å². The zero-order valence-corrected chi connectivity index (χ0v) is 16.6. The van der Waals surface area contributed by atoms with E-state index in [9.17, 15) is 18.8 Å². The van der Waals surface area contributed by atoms with Crippen molar-refractivity contribution in [1.29, 1.82) is 0 Å². The van der Waals surface area contributed by atoms with Crippen LogP contribution in [-0.4, -0.2) is 43.0 Å². The zero-order valence-electron chi connectivity index (χ0n) is 16.6. The maximum atomic E-state index is 13.6. The fraction of sp³-hybridized carbons (Fsp3) is 0.286. The van der Waals surface area contributed by atoms with Crippen LogP contribution in [0.15, 0.2) is 48.5 Å². The molecule has 30 heavy (non-hydrogen) atoms. The van der Waals surface area contributed by atoms with E-state index in [1.807, 2.05) is 0 Å². The molecule has 0 radical (unpaired) electrons. The van der Waals surface area contributed by atoms with Crippen LogP contribution in [0.2, 0.25) is 0 Å². The molecule has 4 N–H and O–H groups in total. The Morgan fingerprint density at radius 3 is 2.30 bits per heavy atom. The number of nitrogens with zero attached hydrogens (tertiary/aromatic N) is 1. The van der Waals surface area contributed by atoms with Gasteiger partial charge in [0.1, 0.15) is 5.82 Å². The number of halogens is 1. The van der Waals surface area contributed by atoms with Crippen molar-refractivity contribution in [2.75, 3.05) is 36.1 Å². The van der Waals surface area contributed by atoms with Gasteiger partial charge in [0.15, 0.2) is 0 Å². The number of urea groups is 2. The average molecular weight is 413 g/mol. The van der Waals surface area contributed by atoms with Gasteiger partial charge in [0.05, 0.1) is 11.6 Å². The van der Waals surface area contributed by atoms with E-state index in [4.69, 9.17) is 0 Å². The van der Waals surface area contributed by atoms with Crippen LogP contribution in [0, 0.1) is 11.7 Å². The number of benzene rings is 2. The summed E-state index contributed by atoms with van der Waals surface area (Å²) < 4.78 is 13.6. The van der Waals surface area contributed by atoms with Crippen molar-refractivity contribution < 1.29 is 18.8 Å². The first-order valence-electron chi connectivity index (χ1n) is 9.66. The third-order valence-corrected chi connectivity index (χ3v) is 4.84. The summed E-state index contributed by atoms with van der Waals surface area (Å²) in [7, 11) is 1.59. The number of nitrogens with one attached hydrogen (secondary N) is 4. The molecule has 0 bridgehead atoms. The molecule has 0 aromatic heterocycles. The minimum atomic E-state index is -0.578. The van der Waals surface area contributed by atoms with Crippen LogP contribution in [0.1, 0.15) is 12.8 Å². The Morgan fingerprint density at radius 1 is 0.967 bits per heavy atom. The van der Waals surface area contributed by atoms with Crippen LogP contribution in [0.5, 0.6) is 0 Å². The van der Waals surface area contributed by atoms with E-state index < -0.39 is 11.8 Å². The largest absolute Gasteiger partial charge is 0.359 e. The minimum absolute atomic E-state index is 0.0587. The smallest absolute Gasteiger partial charge is 0.323 e. The fourth-order valence-corrected chi connectivity index (χ4v) is 3.27. The van der Waals surface area contributed by atoms with Gasteiger partial charge in [-0.05, 0) is 49.2 Å². The SMILES string of the molecule is CNC(=O)[C@@H]1CCCN(C(=O)Nc2ccc(NC(=O)Nc3ccccc3F)cc2)C1. The molecular weight excluding hydrogens is 389 g/mol. The standard InChI is InChI=1S/C21H24FN5O3/c1-23-19(28)14-5-4-12-27(13-14)21(30)25-16-10-8-15(9-11-16)24-20(29)26-18-7-3-2-6-17(18)22/h2-3,6-11,14H,4-5,12-13H2,1H3,(H,23,28)(H,25,30)(H2,24,26,29)/t14-/m1/s1. The second-order valence-corrected chi connectivity index (χ2v) is 6.97. The second-order valence-electron chi connectivity index (χ2n) is 6.97. The molecule has 2 aromatic rings. The topological polar surface area (TPSA) is 103 Å². The molecule has 2 aromatic carbocycles. The molecule has 0 saturated carbocycles. The zero-order chi connectivity index (χ0) is 21.5. The maximum absolute atomic E-state index is 13.6. The summed E-state index contributed by atoms with van der Waals surface area (Å²) in [5, 5.41) is 10.5. The Balaban J connectivity index is 1.53. The molecule has 1 atom stereocenters. The summed E-state index contributed by atoms with van der Waals surface area (Å²) in [4.78, 5) is 38.0. The van der Waals surface area contributed by atoms with Crippen molar-refractivity contribution in [1.82, 2.24) is 10.2 Å². The molecule has 5 amide bonds. The third kappa shape index (κ3) is 5.47. The van der Waals surface area contributed by atoms with Crippen LogP contribution >= 0.6 is 0 Å². The second kappa shape index (κ2) is 9.73. The van der Waals surface area contributed by atoms with Gasteiger partial charge >= 0.3 is 12.1 Å². The van der Waals surface area contributed by atoms with Gasteiger partial charge in [0.25, 0.3) is 0 Å². The van der Waals surface area contributed by atoms with Gasteiger partial charge < -0.3 is 26.2 Å². The summed E-state index contributed by atoms with van der Waals surface area (Å²) in [5.41, 5.74) is 1.12. The van der Waals surface area contributed by atoms with Crippen LogP contribution in [0.25, 0.3) is 0 Å². The first-order chi connectivity index (χ1) is 14.5. The number of hydrogen-bond donors (Lipinski definition) is 4. The lowest BCUT2D eigenvalue weighted by Gasteiger charge is -2.31. The van der Waals surface area contributed by atoms with E-state index in [0.717, 1.165) is 12.8 Å². The summed E-state index contributed by atoms with van der Waals surface area (Å²) in [5.74, 6) is -0.785. The van der Waals surface area contributed by atoms with Gasteiger partial charge in [-0.3, -0.25) is 4.79 Å². The van der Waals surface area contributed by atoms with Crippen molar-refractivity contribution in [2.45, 2.75) is 12.8 Å². The monoisotopic (exact) mass is 413 g/mol. The molecule has 1 saturated heterocycles. The van der Waals surface area contributed by atoms with E-state index in [1.54, 1.807) is 42.3 Å². The highest BCUT2D eigenvalue weighted by Gasteiger charge is 2.27. The predicted octanol–water partition coefficient (Wildman–Crippen LogP) is 3.46. The quantitative estimate of drug-likeness (QED) is 0.617. The normalized spacial score (nSPS) is 15.8. The number of amides is 5. The van der Waals surface area contributed by atoms with Gasteiger partial charge in [0, 0.05) is 31.5 Å². The number of hydrogen-bond acceptors (Lipinski definition) is 3. The number of anilines is 3. The molecule has 3 rings (SSSR count). The van der Waals surface area contributed by atoms with Crippen molar-refractivity contribution in [3.05, 3.63) is 54.3 Å². The molecule has 9 heteroatoms. The molecule has 158 valence electrons. The van der Waals surface area contributed by atoms with Crippen molar-refractivity contribution in [3.63, 3.8) is 0 Å². The highest BCUT2D eigenvalue weighted by molar-refractivity contribution is 6.00. The highest BCUT2D eigenvalue weighted by Crippen LogP contribution is 2.19. The van der Waals surface area contributed by atoms with E-state index in [2.05, 4.69) is 21.3 Å². The fourth-order valence-electron chi connectivity index (χ4n) is 3.27. The Hall–Kier alpha value is -3.62. The Labute approximate surface area is 173 Å². The molecule has 1 aliphatic rings. The van der Waals surface area contributed by atoms with E-state index in [0.29, 0.717) is 24.5 Å². The molecule has 1 fully saturated rings. The summed E-state index contributed by atoms with van der Waals surface area (Å²) >= 11 is 0. The number of likely N-dealkylation sites (tertiary alicyclic amines) is 1. The summed E-state index contributed by atoms with van der Waals surface area (Å²) in [6.07, 6.45) is 1.53. The number of rotatable bonds is 4. The van der Waals surface area contributed by atoms with Crippen molar-refractivity contribution in [3.8, 4) is 0 Å². The predicted molar refractivity (Wildman–Crippen MR) is 113 cm³/mol. The minimum Gasteiger partial charge on any atom is -0.359 e. The van der Waals surface area contributed by atoms with E-state index >= 15 is 0 Å².